The number of hydrogen-bond acceptors (Lipinski definition) is 4. The maximum atomic E-state index is 12.8. The Bertz CT molecular complexity index is 645. The molecule has 2 unspecified atom stereocenters. The average Bonchev–Trinajstić information content (AvgIpc) is 2.69. The molecule has 1 aromatic rings. The van der Waals surface area contributed by atoms with Gasteiger partial charge in [-0.1, -0.05) is 18.6 Å². The van der Waals surface area contributed by atoms with Gasteiger partial charge in [-0.3, -0.25) is 0 Å². The van der Waals surface area contributed by atoms with Crippen LogP contribution in [0.25, 0.3) is 0 Å². The molecule has 148 valence electrons. The van der Waals surface area contributed by atoms with E-state index in [9.17, 15) is 4.79 Å². The molecule has 1 aromatic carbocycles. The third-order valence-electron chi connectivity index (χ3n) is 6.66. The lowest BCUT2D eigenvalue weighted by Gasteiger charge is -2.47. The molecule has 1 N–H and O–H groups in total. The van der Waals surface area contributed by atoms with Gasteiger partial charge >= 0.3 is 6.03 Å². The molecule has 2 amide bonds. The van der Waals surface area contributed by atoms with E-state index < -0.39 is 0 Å². The molecule has 2 bridgehead atoms. The van der Waals surface area contributed by atoms with Crippen LogP contribution in [0.1, 0.15) is 32.1 Å². The zero-order valence-electron chi connectivity index (χ0n) is 16.6. The summed E-state index contributed by atoms with van der Waals surface area (Å²) in [6.07, 6.45) is 6.08. The van der Waals surface area contributed by atoms with Crippen LogP contribution >= 0.6 is 0 Å². The molecule has 6 nitrogen and oxygen atoms in total. The molecule has 27 heavy (non-hydrogen) atoms. The van der Waals surface area contributed by atoms with Gasteiger partial charge in [0, 0.05) is 44.3 Å². The second kappa shape index (κ2) is 7.97. The number of nitrogens with zero attached hydrogens (tertiary/aromatic N) is 3. The van der Waals surface area contributed by atoms with E-state index in [1.165, 1.54) is 19.3 Å². The number of benzene rings is 1. The number of nitrogens with one attached hydrogen (secondary N) is 1. The molecular formula is C21H32N4O2. The number of ether oxygens (including phenoxy) is 1. The predicted molar refractivity (Wildman–Crippen MR) is 108 cm³/mol. The topological polar surface area (TPSA) is 48.1 Å². The van der Waals surface area contributed by atoms with Crippen LogP contribution in [0.5, 0.6) is 5.75 Å². The third-order valence-corrected chi connectivity index (χ3v) is 6.66. The molecule has 6 heteroatoms. The summed E-state index contributed by atoms with van der Waals surface area (Å²) in [6.45, 7) is 3.19. The van der Waals surface area contributed by atoms with Gasteiger partial charge in [0.15, 0.2) is 0 Å². The second-order valence-electron chi connectivity index (χ2n) is 8.17. The normalized spacial score (nSPS) is 28.7. The van der Waals surface area contributed by atoms with E-state index in [1.54, 1.807) is 7.11 Å². The largest absolute Gasteiger partial charge is 0.495 e. The minimum absolute atomic E-state index is 0.113. The highest BCUT2D eigenvalue weighted by molar-refractivity contribution is 5.75. The molecule has 0 aromatic heterocycles. The van der Waals surface area contributed by atoms with Gasteiger partial charge in [0.2, 0.25) is 0 Å². The maximum absolute atomic E-state index is 12.8. The van der Waals surface area contributed by atoms with Gasteiger partial charge in [0.05, 0.1) is 12.8 Å². The van der Waals surface area contributed by atoms with E-state index in [-0.39, 0.29) is 6.03 Å². The molecule has 0 aliphatic carbocycles. The number of methoxy groups -OCH3 is 1. The van der Waals surface area contributed by atoms with Crippen LogP contribution in [0.15, 0.2) is 24.3 Å². The lowest BCUT2D eigenvalue weighted by Crippen LogP contribution is -2.58. The van der Waals surface area contributed by atoms with Crippen molar-refractivity contribution < 1.29 is 9.53 Å². The fourth-order valence-corrected chi connectivity index (χ4v) is 5.04. The summed E-state index contributed by atoms with van der Waals surface area (Å²) in [4.78, 5) is 19.6. The van der Waals surface area contributed by atoms with Gasteiger partial charge in [-0.25, -0.2) is 4.79 Å². The standard InChI is InChI=1S/C21H32N4O2/c1-23-17-6-5-7-18(23)15-16(14-17)22-21(26)25-12-10-24(11-13-25)19-8-3-4-9-20(19)27-2/h3-4,8-9,16-18H,5-7,10-15H2,1-2H3,(H,22,26). The summed E-state index contributed by atoms with van der Waals surface area (Å²) in [5.74, 6) is 0.897. The molecule has 0 saturated carbocycles. The fourth-order valence-electron chi connectivity index (χ4n) is 5.04. The van der Waals surface area contributed by atoms with Crippen LogP contribution in [0.2, 0.25) is 0 Å². The Morgan fingerprint density at radius 1 is 1.07 bits per heavy atom. The van der Waals surface area contributed by atoms with Gasteiger partial charge in [-0.05, 0) is 44.9 Å². The number of para-hydroxylation sites is 2. The van der Waals surface area contributed by atoms with Crippen molar-refractivity contribution >= 4 is 11.7 Å². The number of fused-ring (bicyclic) bond motifs is 2. The highest BCUT2D eigenvalue weighted by Crippen LogP contribution is 2.33. The second-order valence-corrected chi connectivity index (χ2v) is 8.17. The summed E-state index contributed by atoms with van der Waals surface area (Å²) in [6, 6.07) is 9.84. The lowest BCUT2D eigenvalue weighted by molar-refractivity contribution is 0.0493. The number of amides is 2. The monoisotopic (exact) mass is 372 g/mol. The van der Waals surface area contributed by atoms with E-state index in [0.29, 0.717) is 18.1 Å². The number of carbonyl (C=O) groups is 1. The van der Waals surface area contributed by atoms with Crippen LogP contribution in [-0.4, -0.2) is 74.3 Å². The quantitative estimate of drug-likeness (QED) is 0.886. The van der Waals surface area contributed by atoms with E-state index in [2.05, 4.69) is 28.2 Å². The average molecular weight is 373 g/mol. The smallest absolute Gasteiger partial charge is 0.317 e. The Labute approximate surface area is 162 Å². The number of carbonyl (C=O) groups excluding carboxylic acids is 1. The van der Waals surface area contributed by atoms with Gasteiger partial charge in [-0.15, -0.1) is 0 Å². The maximum Gasteiger partial charge on any atom is 0.317 e. The molecule has 3 heterocycles. The first-order valence-electron chi connectivity index (χ1n) is 10.3. The number of piperidine rings is 2. The molecule has 0 spiro atoms. The van der Waals surface area contributed by atoms with Crippen molar-refractivity contribution in [1.29, 1.82) is 0 Å². The summed E-state index contributed by atoms with van der Waals surface area (Å²) < 4.78 is 5.48. The van der Waals surface area contributed by atoms with Gasteiger partial charge < -0.3 is 24.8 Å². The van der Waals surface area contributed by atoms with Gasteiger partial charge in [0.1, 0.15) is 5.75 Å². The van der Waals surface area contributed by atoms with Crippen LogP contribution in [0.4, 0.5) is 10.5 Å². The Balaban J connectivity index is 1.30. The minimum atomic E-state index is 0.113. The highest BCUT2D eigenvalue weighted by Gasteiger charge is 2.37. The van der Waals surface area contributed by atoms with Crippen molar-refractivity contribution in [3.8, 4) is 5.75 Å². The van der Waals surface area contributed by atoms with E-state index in [1.807, 2.05) is 23.1 Å². The Kier molecular flexibility index (Phi) is 5.43. The van der Waals surface area contributed by atoms with Crippen molar-refractivity contribution in [2.45, 2.75) is 50.2 Å². The Hall–Kier alpha value is -1.95. The molecule has 3 aliphatic rings. The van der Waals surface area contributed by atoms with Crippen molar-refractivity contribution in [3.05, 3.63) is 24.3 Å². The molecule has 3 aliphatic heterocycles. The Morgan fingerprint density at radius 2 is 1.74 bits per heavy atom. The van der Waals surface area contributed by atoms with Crippen LogP contribution < -0.4 is 15.0 Å². The zero-order valence-corrected chi connectivity index (χ0v) is 16.6. The third kappa shape index (κ3) is 3.86. The fraction of sp³-hybridized carbons (Fsp3) is 0.667. The molecule has 0 radical (unpaired) electrons. The number of piperazine rings is 1. The summed E-state index contributed by atoms with van der Waals surface area (Å²) >= 11 is 0. The molecule has 4 rings (SSSR count). The van der Waals surface area contributed by atoms with Crippen LogP contribution in [0, 0.1) is 0 Å². The van der Waals surface area contributed by atoms with Gasteiger partial charge in [0.25, 0.3) is 0 Å². The summed E-state index contributed by atoms with van der Waals surface area (Å²) in [7, 11) is 3.96. The first-order chi connectivity index (χ1) is 13.2. The minimum Gasteiger partial charge on any atom is -0.495 e. The Morgan fingerprint density at radius 3 is 2.41 bits per heavy atom. The number of hydrogen-bond donors (Lipinski definition) is 1. The van der Waals surface area contributed by atoms with E-state index in [0.717, 1.165) is 50.5 Å². The predicted octanol–water partition coefficient (Wildman–Crippen LogP) is 2.54. The number of urea groups is 1. The lowest BCUT2D eigenvalue weighted by atomic mass is 9.82. The van der Waals surface area contributed by atoms with Crippen molar-refractivity contribution in [1.82, 2.24) is 15.1 Å². The number of rotatable bonds is 3. The first kappa shape index (κ1) is 18.4. The van der Waals surface area contributed by atoms with E-state index in [4.69, 9.17) is 4.74 Å². The first-order valence-corrected chi connectivity index (χ1v) is 10.3. The SMILES string of the molecule is COc1ccccc1N1CCN(C(=O)NC2CC3CCCC(C2)N3C)CC1. The molecule has 2 atom stereocenters. The molecule has 3 fully saturated rings. The molecular weight excluding hydrogens is 340 g/mol. The summed E-state index contributed by atoms with van der Waals surface area (Å²) in [5, 5.41) is 3.33. The van der Waals surface area contributed by atoms with Crippen LogP contribution in [-0.2, 0) is 0 Å². The van der Waals surface area contributed by atoms with Crippen molar-refractivity contribution in [2.75, 3.05) is 45.2 Å². The van der Waals surface area contributed by atoms with Crippen molar-refractivity contribution in [2.24, 2.45) is 0 Å². The van der Waals surface area contributed by atoms with Crippen molar-refractivity contribution in [3.63, 3.8) is 0 Å². The van der Waals surface area contributed by atoms with Gasteiger partial charge in [-0.2, -0.15) is 0 Å². The van der Waals surface area contributed by atoms with Crippen LogP contribution in [0.3, 0.4) is 0 Å². The van der Waals surface area contributed by atoms with E-state index >= 15 is 0 Å². The summed E-state index contributed by atoms with van der Waals surface area (Å²) in [5.41, 5.74) is 1.11. The highest BCUT2D eigenvalue weighted by atomic mass is 16.5. The number of anilines is 1. The zero-order chi connectivity index (χ0) is 18.8. The molecule has 3 saturated heterocycles.